The zero-order chi connectivity index (χ0) is 13.6. The van der Waals surface area contributed by atoms with Gasteiger partial charge in [0.1, 0.15) is 0 Å². The van der Waals surface area contributed by atoms with E-state index in [4.69, 9.17) is 0 Å². The van der Waals surface area contributed by atoms with Gasteiger partial charge >= 0.3 is 6.18 Å². The fourth-order valence-corrected chi connectivity index (χ4v) is 3.86. The normalized spacial score (nSPS) is 29.8. The highest BCUT2D eigenvalue weighted by Gasteiger charge is 2.41. The minimum absolute atomic E-state index is 0.209. The molecule has 0 radical (unpaired) electrons. The summed E-state index contributed by atoms with van der Waals surface area (Å²) in [5.41, 5.74) is -0.363. The van der Waals surface area contributed by atoms with Gasteiger partial charge in [-0.1, -0.05) is 22.4 Å². The molecule has 0 amide bonds. The van der Waals surface area contributed by atoms with Crippen molar-refractivity contribution in [3.8, 4) is 0 Å². The summed E-state index contributed by atoms with van der Waals surface area (Å²) < 4.78 is 39.5. The monoisotopic (exact) mass is 333 g/mol. The smallest absolute Gasteiger partial charge is 0.382 e. The molecule has 0 aromatic heterocycles. The molecule has 2 bridgehead atoms. The molecular formula is C14H15BrF3N. The molecular weight excluding hydrogens is 319 g/mol. The van der Waals surface area contributed by atoms with Crippen molar-refractivity contribution >= 4 is 21.6 Å². The lowest BCUT2D eigenvalue weighted by Gasteiger charge is -2.26. The van der Waals surface area contributed by atoms with Crippen molar-refractivity contribution in [2.24, 2.45) is 11.8 Å². The Hall–Kier alpha value is -0.710. The first-order valence-electron chi connectivity index (χ1n) is 6.57. The van der Waals surface area contributed by atoms with Gasteiger partial charge in [-0.3, -0.25) is 0 Å². The highest BCUT2D eigenvalue weighted by Crippen LogP contribution is 2.46. The number of hydrogen-bond acceptors (Lipinski definition) is 1. The summed E-state index contributed by atoms with van der Waals surface area (Å²) in [5.74, 6) is 1.27. The Balaban J connectivity index is 1.84. The summed E-state index contributed by atoms with van der Waals surface area (Å²) in [5, 5.41) is 3.13. The number of rotatable bonds is 2. The van der Waals surface area contributed by atoms with Gasteiger partial charge in [0.2, 0.25) is 0 Å². The van der Waals surface area contributed by atoms with Crippen LogP contribution in [0.4, 0.5) is 18.9 Å². The molecule has 1 nitrogen and oxygen atoms in total. The molecule has 0 heterocycles. The van der Waals surface area contributed by atoms with Crippen LogP contribution in [0, 0.1) is 11.8 Å². The van der Waals surface area contributed by atoms with E-state index in [1.165, 1.54) is 18.9 Å². The van der Waals surface area contributed by atoms with Crippen LogP contribution in [0.25, 0.3) is 0 Å². The number of nitrogens with one attached hydrogen (secondary N) is 1. The molecule has 0 spiro atoms. The minimum Gasteiger partial charge on any atom is -0.382 e. The average molecular weight is 334 g/mol. The lowest BCUT2D eigenvalue weighted by atomic mass is 9.95. The van der Waals surface area contributed by atoms with Crippen LogP contribution in [0.2, 0.25) is 0 Å². The summed E-state index contributed by atoms with van der Waals surface area (Å²) in [7, 11) is 0. The fraction of sp³-hybridized carbons (Fsp3) is 0.571. The maximum Gasteiger partial charge on any atom is 0.418 e. The summed E-state index contributed by atoms with van der Waals surface area (Å²) in [4.78, 5) is 0. The molecule has 3 unspecified atom stereocenters. The number of benzene rings is 1. The van der Waals surface area contributed by atoms with E-state index in [0.29, 0.717) is 16.3 Å². The zero-order valence-corrected chi connectivity index (χ0v) is 11.9. The molecule has 2 fully saturated rings. The van der Waals surface area contributed by atoms with E-state index >= 15 is 0 Å². The van der Waals surface area contributed by atoms with Crippen LogP contribution in [-0.2, 0) is 6.18 Å². The Bertz CT molecular complexity index is 486. The number of anilines is 1. The number of halogens is 4. The summed E-state index contributed by atoms with van der Waals surface area (Å²) in [6.07, 6.45) is 0.271. The van der Waals surface area contributed by atoms with E-state index in [9.17, 15) is 13.2 Å². The van der Waals surface area contributed by atoms with Gasteiger partial charge < -0.3 is 5.32 Å². The predicted octanol–water partition coefficient (Wildman–Crippen LogP) is 5.07. The van der Waals surface area contributed by atoms with E-state index in [-0.39, 0.29) is 11.7 Å². The van der Waals surface area contributed by atoms with Gasteiger partial charge in [0.15, 0.2) is 0 Å². The molecule has 104 valence electrons. The van der Waals surface area contributed by atoms with Crippen LogP contribution in [0.15, 0.2) is 22.7 Å². The molecule has 19 heavy (non-hydrogen) atoms. The van der Waals surface area contributed by atoms with Gasteiger partial charge in [-0.15, -0.1) is 0 Å². The highest BCUT2D eigenvalue weighted by molar-refractivity contribution is 9.10. The lowest BCUT2D eigenvalue weighted by Crippen LogP contribution is -2.27. The van der Waals surface area contributed by atoms with Crippen LogP contribution >= 0.6 is 15.9 Å². The molecule has 3 rings (SSSR count). The SMILES string of the molecule is FC(F)(F)c1cc(Br)ccc1NC1CC2CCC1C2. The van der Waals surface area contributed by atoms with E-state index in [1.54, 1.807) is 6.07 Å². The molecule has 5 heteroatoms. The van der Waals surface area contributed by atoms with E-state index < -0.39 is 11.7 Å². The van der Waals surface area contributed by atoms with Gasteiger partial charge in [-0.05, 0) is 49.3 Å². The second kappa shape index (κ2) is 4.69. The fourth-order valence-electron chi connectivity index (χ4n) is 3.50. The van der Waals surface area contributed by atoms with Gasteiger partial charge in [-0.25, -0.2) is 0 Å². The Kier molecular flexibility index (Phi) is 3.28. The van der Waals surface area contributed by atoms with Crippen LogP contribution in [0.5, 0.6) is 0 Å². The van der Waals surface area contributed by atoms with Gasteiger partial charge in [0, 0.05) is 16.2 Å². The topological polar surface area (TPSA) is 12.0 Å². The van der Waals surface area contributed by atoms with E-state index in [0.717, 1.165) is 18.9 Å². The third kappa shape index (κ3) is 2.62. The predicted molar refractivity (Wildman–Crippen MR) is 72.0 cm³/mol. The maximum atomic E-state index is 13.0. The lowest BCUT2D eigenvalue weighted by molar-refractivity contribution is -0.137. The standard InChI is InChI=1S/C14H15BrF3N/c15-10-3-4-12(11(7-10)14(16,17)18)19-13-6-8-1-2-9(13)5-8/h3-4,7-9,13,19H,1-2,5-6H2. The van der Waals surface area contributed by atoms with Crippen molar-refractivity contribution in [1.29, 1.82) is 0 Å². The van der Waals surface area contributed by atoms with E-state index in [2.05, 4.69) is 21.2 Å². The van der Waals surface area contributed by atoms with Crippen LogP contribution in [0.1, 0.15) is 31.2 Å². The number of hydrogen-bond donors (Lipinski definition) is 1. The van der Waals surface area contributed by atoms with Crippen molar-refractivity contribution in [3.05, 3.63) is 28.2 Å². The van der Waals surface area contributed by atoms with Crippen molar-refractivity contribution < 1.29 is 13.2 Å². The highest BCUT2D eigenvalue weighted by atomic mass is 79.9. The largest absolute Gasteiger partial charge is 0.418 e. The summed E-state index contributed by atoms with van der Waals surface area (Å²) in [6, 6.07) is 4.54. The second-order valence-electron chi connectivity index (χ2n) is 5.61. The number of alkyl halides is 3. The van der Waals surface area contributed by atoms with Gasteiger partial charge in [-0.2, -0.15) is 13.2 Å². The Morgan fingerprint density at radius 2 is 1.95 bits per heavy atom. The van der Waals surface area contributed by atoms with E-state index in [1.807, 2.05) is 0 Å². The summed E-state index contributed by atoms with van der Waals surface area (Å²) in [6.45, 7) is 0. The van der Waals surface area contributed by atoms with Crippen molar-refractivity contribution in [3.63, 3.8) is 0 Å². The van der Waals surface area contributed by atoms with Crippen LogP contribution < -0.4 is 5.32 Å². The Morgan fingerprint density at radius 3 is 2.53 bits per heavy atom. The molecule has 2 saturated carbocycles. The molecule has 0 aliphatic heterocycles. The van der Waals surface area contributed by atoms with Crippen molar-refractivity contribution in [2.75, 3.05) is 5.32 Å². The quantitative estimate of drug-likeness (QED) is 0.796. The van der Waals surface area contributed by atoms with Crippen LogP contribution in [-0.4, -0.2) is 6.04 Å². The van der Waals surface area contributed by atoms with Crippen LogP contribution in [0.3, 0.4) is 0 Å². The van der Waals surface area contributed by atoms with Gasteiger partial charge in [0.05, 0.1) is 5.56 Å². The third-order valence-corrected chi connectivity index (χ3v) is 4.86. The Labute approximate surface area is 118 Å². The molecule has 1 N–H and O–H groups in total. The van der Waals surface area contributed by atoms with Crippen molar-refractivity contribution in [2.45, 2.75) is 37.9 Å². The molecule has 2 aliphatic rings. The first-order valence-corrected chi connectivity index (χ1v) is 7.36. The number of fused-ring (bicyclic) bond motifs is 2. The first kappa shape index (κ1) is 13.3. The molecule has 0 saturated heterocycles. The third-order valence-electron chi connectivity index (χ3n) is 4.37. The second-order valence-corrected chi connectivity index (χ2v) is 6.53. The first-order chi connectivity index (χ1) is 8.93. The zero-order valence-electron chi connectivity index (χ0n) is 10.3. The molecule has 1 aromatic carbocycles. The van der Waals surface area contributed by atoms with Crippen molar-refractivity contribution in [1.82, 2.24) is 0 Å². The minimum atomic E-state index is -4.32. The van der Waals surface area contributed by atoms with Gasteiger partial charge in [0.25, 0.3) is 0 Å². The summed E-state index contributed by atoms with van der Waals surface area (Å²) >= 11 is 3.11. The Morgan fingerprint density at radius 1 is 1.16 bits per heavy atom. The molecule has 1 aromatic rings. The average Bonchev–Trinajstić information content (AvgIpc) is 2.92. The molecule has 2 aliphatic carbocycles. The maximum absolute atomic E-state index is 13.0. The molecule has 3 atom stereocenters.